The molecule has 6 nitrogen and oxygen atoms in total. The largest absolute Gasteiger partial charge is 0.408 e. The van der Waals surface area contributed by atoms with Gasteiger partial charge in [0.2, 0.25) is 11.8 Å². The molecule has 0 aliphatic heterocycles. The molecular formula is C14H16N4O2. The van der Waals surface area contributed by atoms with Crippen molar-refractivity contribution >= 4 is 17.6 Å². The van der Waals surface area contributed by atoms with Gasteiger partial charge < -0.3 is 10.2 Å². The number of carbonyl (C=O) groups excluding carboxylic acids is 1. The van der Waals surface area contributed by atoms with Gasteiger partial charge in [0.15, 0.2) is 0 Å². The van der Waals surface area contributed by atoms with Crippen LogP contribution in [0.4, 0.5) is 11.7 Å². The van der Waals surface area contributed by atoms with Crippen LogP contribution in [0.25, 0.3) is 0 Å². The maximum Gasteiger partial charge on any atom is 0.322 e. The van der Waals surface area contributed by atoms with Crippen LogP contribution in [0.2, 0.25) is 0 Å². The average Bonchev–Trinajstić information content (AvgIpc) is 3.19. The topological polar surface area (TPSA) is 94.0 Å². The molecule has 0 radical (unpaired) electrons. The number of benzene rings is 1. The molecule has 1 saturated carbocycles. The van der Waals surface area contributed by atoms with Crippen molar-refractivity contribution in [3.63, 3.8) is 0 Å². The first-order valence-corrected chi connectivity index (χ1v) is 6.69. The van der Waals surface area contributed by atoms with E-state index in [1.54, 1.807) is 0 Å². The van der Waals surface area contributed by atoms with Crippen LogP contribution < -0.4 is 11.1 Å². The van der Waals surface area contributed by atoms with Crippen LogP contribution in [-0.2, 0) is 11.2 Å². The highest BCUT2D eigenvalue weighted by Gasteiger charge is 2.29. The first-order valence-electron chi connectivity index (χ1n) is 6.69. The minimum Gasteiger partial charge on any atom is -0.408 e. The second-order valence-electron chi connectivity index (χ2n) is 4.97. The maximum absolute atomic E-state index is 11.8. The number of amides is 1. The van der Waals surface area contributed by atoms with Crippen molar-refractivity contribution in [3.05, 3.63) is 35.7 Å². The number of para-hydroxylation sites is 1. The molecule has 1 aromatic heterocycles. The predicted molar refractivity (Wildman–Crippen MR) is 74.1 cm³/mol. The molecule has 0 unspecified atom stereocenters. The van der Waals surface area contributed by atoms with E-state index in [1.165, 1.54) is 0 Å². The molecule has 0 bridgehead atoms. The number of carbonyl (C=O) groups is 1. The summed E-state index contributed by atoms with van der Waals surface area (Å²) in [4.78, 5) is 11.8. The summed E-state index contributed by atoms with van der Waals surface area (Å²) in [6.07, 6.45) is 3.09. The Bertz CT molecular complexity index is 619. The quantitative estimate of drug-likeness (QED) is 0.813. The molecule has 2 aromatic rings. The Balaban J connectivity index is 1.52. The Morgan fingerprint density at radius 1 is 1.35 bits per heavy atom. The van der Waals surface area contributed by atoms with Gasteiger partial charge in [0.05, 0.1) is 0 Å². The van der Waals surface area contributed by atoms with Crippen LogP contribution in [0.5, 0.6) is 0 Å². The Hall–Kier alpha value is -2.37. The maximum atomic E-state index is 11.8. The SMILES string of the molecule is Nc1ccccc1CCC(=O)Nc1nnc(C2CC2)o1. The first-order chi connectivity index (χ1) is 9.72. The molecule has 1 heterocycles. The van der Waals surface area contributed by atoms with Crippen molar-refractivity contribution in [2.45, 2.75) is 31.6 Å². The number of rotatable bonds is 5. The van der Waals surface area contributed by atoms with Gasteiger partial charge in [0, 0.05) is 18.0 Å². The van der Waals surface area contributed by atoms with E-state index < -0.39 is 0 Å². The lowest BCUT2D eigenvalue weighted by molar-refractivity contribution is -0.116. The number of nitrogens with two attached hydrogens (primary N) is 1. The molecule has 1 aliphatic carbocycles. The van der Waals surface area contributed by atoms with Gasteiger partial charge in [-0.2, -0.15) is 0 Å². The molecule has 1 aromatic carbocycles. The highest BCUT2D eigenvalue weighted by molar-refractivity contribution is 5.88. The van der Waals surface area contributed by atoms with Gasteiger partial charge in [-0.05, 0) is 30.9 Å². The van der Waals surface area contributed by atoms with E-state index in [1.807, 2.05) is 24.3 Å². The number of aromatic nitrogens is 2. The van der Waals surface area contributed by atoms with Crippen molar-refractivity contribution in [1.82, 2.24) is 10.2 Å². The van der Waals surface area contributed by atoms with Crippen LogP contribution in [0.1, 0.15) is 36.6 Å². The number of anilines is 2. The normalized spacial score (nSPS) is 14.2. The molecule has 3 N–H and O–H groups in total. The Morgan fingerprint density at radius 3 is 2.90 bits per heavy atom. The fourth-order valence-electron chi connectivity index (χ4n) is 1.97. The molecule has 0 spiro atoms. The standard InChI is InChI=1S/C14H16N4O2/c15-11-4-2-1-3-9(11)7-8-12(19)16-14-18-17-13(20-14)10-5-6-10/h1-4,10H,5-8,15H2,(H,16,18,19). The zero-order valence-corrected chi connectivity index (χ0v) is 11.0. The van der Waals surface area contributed by atoms with Crippen molar-refractivity contribution < 1.29 is 9.21 Å². The van der Waals surface area contributed by atoms with Gasteiger partial charge in [-0.15, -0.1) is 5.10 Å². The van der Waals surface area contributed by atoms with E-state index >= 15 is 0 Å². The molecule has 104 valence electrons. The number of aryl methyl sites for hydroxylation is 1. The zero-order chi connectivity index (χ0) is 13.9. The van der Waals surface area contributed by atoms with Crippen molar-refractivity contribution in [3.8, 4) is 0 Å². The molecule has 1 fully saturated rings. The molecule has 0 saturated heterocycles. The van der Waals surface area contributed by atoms with Crippen LogP contribution in [0.3, 0.4) is 0 Å². The Kier molecular flexibility index (Phi) is 3.37. The van der Waals surface area contributed by atoms with E-state index in [4.69, 9.17) is 10.2 Å². The summed E-state index contributed by atoms with van der Waals surface area (Å²) in [5.41, 5.74) is 7.50. The smallest absolute Gasteiger partial charge is 0.322 e. The van der Waals surface area contributed by atoms with Crippen LogP contribution >= 0.6 is 0 Å². The van der Waals surface area contributed by atoms with Crippen LogP contribution in [0, 0.1) is 0 Å². The van der Waals surface area contributed by atoms with Gasteiger partial charge in [-0.25, -0.2) is 0 Å². The van der Waals surface area contributed by atoms with Gasteiger partial charge in [-0.3, -0.25) is 10.1 Å². The summed E-state index contributed by atoms with van der Waals surface area (Å²) in [6.45, 7) is 0. The molecule has 20 heavy (non-hydrogen) atoms. The highest BCUT2D eigenvalue weighted by atomic mass is 16.4. The van der Waals surface area contributed by atoms with E-state index in [0.29, 0.717) is 30.3 Å². The van der Waals surface area contributed by atoms with E-state index in [9.17, 15) is 4.79 Å². The molecule has 3 rings (SSSR count). The minimum atomic E-state index is -0.153. The van der Waals surface area contributed by atoms with E-state index in [-0.39, 0.29) is 11.9 Å². The molecule has 1 aliphatic rings. The third-order valence-electron chi connectivity index (χ3n) is 3.29. The van der Waals surface area contributed by atoms with Gasteiger partial charge >= 0.3 is 6.01 Å². The molecule has 6 heteroatoms. The Labute approximate surface area is 116 Å². The average molecular weight is 272 g/mol. The van der Waals surface area contributed by atoms with E-state index in [0.717, 1.165) is 18.4 Å². The summed E-state index contributed by atoms with van der Waals surface area (Å²) in [7, 11) is 0. The minimum absolute atomic E-state index is 0.153. The number of nitrogen functional groups attached to an aromatic ring is 1. The summed E-state index contributed by atoms with van der Waals surface area (Å²) < 4.78 is 5.38. The van der Waals surface area contributed by atoms with Gasteiger partial charge in [0.25, 0.3) is 0 Å². The van der Waals surface area contributed by atoms with Crippen molar-refractivity contribution in [2.75, 3.05) is 11.1 Å². The van der Waals surface area contributed by atoms with Crippen molar-refractivity contribution in [2.24, 2.45) is 0 Å². The van der Waals surface area contributed by atoms with Crippen LogP contribution in [0.15, 0.2) is 28.7 Å². The summed E-state index contributed by atoms with van der Waals surface area (Å²) in [5, 5.41) is 10.3. The molecule has 1 amide bonds. The number of hydrogen-bond donors (Lipinski definition) is 2. The Morgan fingerprint density at radius 2 is 2.15 bits per heavy atom. The third kappa shape index (κ3) is 2.96. The number of nitrogens with zero attached hydrogens (tertiary/aromatic N) is 2. The lowest BCUT2D eigenvalue weighted by Crippen LogP contribution is -2.13. The number of nitrogens with one attached hydrogen (secondary N) is 1. The fraction of sp³-hybridized carbons (Fsp3) is 0.357. The molecule has 0 atom stereocenters. The second-order valence-corrected chi connectivity index (χ2v) is 4.97. The van der Waals surface area contributed by atoms with Crippen molar-refractivity contribution in [1.29, 1.82) is 0 Å². The zero-order valence-electron chi connectivity index (χ0n) is 11.0. The number of hydrogen-bond acceptors (Lipinski definition) is 5. The van der Waals surface area contributed by atoms with Gasteiger partial charge in [0.1, 0.15) is 0 Å². The lowest BCUT2D eigenvalue weighted by atomic mass is 10.1. The first kappa shape index (κ1) is 12.7. The summed E-state index contributed by atoms with van der Waals surface area (Å²) in [6, 6.07) is 7.70. The monoisotopic (exact) mass is 272 g/mol. The van der Waals surface area contributed by atoms with Crippen LogP contribution in [-0.4, -0.2) is 16.1 Å². The lowest BCUT2D eigenvalue weighted by Gasteiger charge is -2.04. The predicted octanol–water partition coefficient (Wildman–Crippen LogP) is 2.10. The second kappa shape index (κ2) is 5.32. The summed E-state index contributed by atoms with van der Waals surface area (Å²) in [5.74, 6) is 0.851. The van der Waals surface area contributed by atoms with Gasteiger partial charge in [-0.1, -0.05) is 23.3 Å². The fourth-order valence-corrected chi connectivity index (χ4v) is 1.97. The summed E-state index contributed by atoms with van der Waals surface area (Å²) >= 11 is 0. The molecular weight excluding hydrogens is 256 g/mol. The highest BCUT2D eigenvalue weighted by Crippen LogP contribution is 2.39. The van der Waals surface area contributed by atoms with E-state index in [2.05, 4.69) is 15.5 Å². The third-order valence-corrected chi connectivity index (χ3v) is 3.29.